The van der Waals surface area contributed by atoms with Crippen molar-refractivity contribution in [3.05, 3.63) is 0 Å². The molecule has 0 saturated heterocycles. The van der Waals surface area contributed by atoms with Gasteiger partial charge in [-0.3, -0.25) is 4.79 Å². The number of unbranched alkanes of at least 4 members (excludes halogenated alkanes) is 1. The fourth-order valence-electron chi connectivity index (χ4n) is 3.07. The molecule has 0 bridgehead atoms. The molecule has 0 radical (unpaired) electrons. The van der Waals surface area contributed by atoms with Gasteiger partial charge in [-0.2, -0.15) is 5.26 Å². The summed E-state index contributed by atoms with van der Waals surface area (Å²) in [4.78, 5) is 12.2. The highest BCUT2D eigenvalue weighted by Crippen LogP contribution is 2.34. The first-order valence-electron chi connectivity index (χ1n) is 7.66. The van der Waals surface area contributed by atoms with Gasteiger partial charge < -0.3 is 0 Å². The Hall–Kier alpha value is -0.840. The van der Waals surface area contributed by atoms with Crippen molar-refractivity contribution in [1.29, 1.82) is 5.26 Å². The van der Waals surface area contributed by atoms with Gasteiger partial charge in [0, 0.05) is 5.92 Å². The average molecular weight is 249 g/mol. The van der Waals surface area contributed by atoms with Crippen LogP contribution >= 0.6 is 0 Å². The van der Waals surface area contributed by atoms with Gasteiger partial charge in [0.15, 0.2) is 5.78 Å². The van der Waals surface area contributed by atoms with E-state index < -0.39 is 0 Å². The Morgan fingerprint density at radius 3 is 2.39 bits per heavy atom. The Morgan fingerprint density at radius 2 is 1.89 bits per heavy atom. The Labute approximate surface area is 112 Å². The predicted molar refractivity (Wildman–Crippen MR) is 74.0 cm³/mol. The highest BCUT2D eigenvalue weighted by Gasteiger charge is 2.30. The van der Waals surface area contributed by atoms with Crippen LogP contribution in [0.1, 0.15) is 71.6 Å². The fraction of sp³-hybridized carbons (Fsp3) is 0.875. The van der Waals surface area contributed by atoms with Crippen molar-refractivity contribution in [3.63, 3.8) is 0 Å². The standard InChI is InChI=1S/C16H27NO/c1-3-5-7-13-8-10-14(11-9-13)16(18)15(12-17)6-4-2/h13-15H,3-11H2,1-2H3. The Kier molecular flexibility index (Phi) is 7.01. The lowest BCUT2D eigenvalue weighted by atomic mass is 9.75. The zero-order chi connectivity index (χ0) is 13.4. The van der Waals surface area contributed by atoms with Crippen LogP contribution in [0.3, 0.4) is 0 Å². The number of carbonyl (C=O) groups excluding carboxylic acids is 1. The maximum Gasteiger partial charge on any atom is 0.153 e. The Bertz CT molecular complexity index is 284. The molecular formula is C16H27NO. The highest BCUT2D eigenvalue weighted by molar-refractivity contribution is 5.85. The van der Waals surface area contributed by atoms with Crippen molar-refractivity contribution < 1.29 is 4.79 Å². The molecule has 1 atom stereocenters. The molecule has 0 spiro atoms. The van der Waals surface area contributed by atoms with Gasteiger partial charge in [-0.25, -0.2) is 0 Å². The first-order valence-corrected chi connectivity index (χ1v) is 7.66. The van der Waals surface area contributed by atoms with Gasteiger partial charge in [-0.1, -0.05) is 39.5 Å². The van der Waals surface area contributed by atoms with Gasteiger partial charge in [-0.05, 0) is 38.0 Å². The van der Waals surface area contributed by atoms with Crippen LogP contribution in [-0.2, 0) is 4.79 Å². The van der Waals surface area contributed by atoms with E-state index >= 15 is 0 Å². The summed E-state index contributed by atoms with van der Waals surface area (Å²) < 4.78 is 0. The molecule has 102 valence electrons. The lowest BCUT2D eigenvalue weighted by Crippen LogP contribution is -2.27. The molecule has 0 aromatic rings. The maximum absolute atomic E-state index is 12.2. The van der Waals surface area contributed by atoms with Gasteiger partial charge in [0.1, 0.15) is 5.92 Å². The lowest BCUT2D eigenvalue weighted by molar-refractivity contribution is -0.126. The number of carbonyl (C=O) groups is 1. The number of nitriles is 1. The summed E-state index contributed by atoms with van der Waals surface area (Å²) in [6.45, 7) is 4.27. The van der Waals surface area contributed by atoms with E-state index in [1.54, 1.807) is 0 Å². The minimum Gasteiger partial charge on any atom is -0.298 e. The van der Waals surface area contributed by atoms with Crippen LogP contribution in [0.5, 0.6) is 0 Å². The van der Waals surface area contributed by atoms with E-state index in [9.17, 15) is 4.79 Å². The number of nitrogens with zero attached hydrogens (tertiary/aromatic N) is 1. The largest absolute Gasteiger partial charge is 0.298 e. The molecule has 1 fully saturated rings. The van der Waals surface area contributed by atoms with Gasteiger partial charge in [0.25, 0.3) is 0 Å². The third-order valence-corrected chi connectivity index (χ3v) is 4.29. The fourth-order valence-corrected chi connectivity index (χ4v) is 3.07. The van der Waals surface area contributed by atoms with Crippen molar-refractivity contribution >= 4 is 5.78 Å². The SMILES string of the molecule is CCCCC1CCC(C(=O)C(C#N)CCC)CC1. The second kappa shape index (κ2) is 8.29. The third kappa shape index (κ3) is 4.44. The average Bonchev–Trinajstić information content (AvgIpc) is 2.42. The lowest BCUT2D eigenvalue weighted by Gasteiger charge is -2.28. The van der Waals surface area contributed by atoms with E-state index in [0.29, 0.717) is 0 Å². The van der Waals surface area contributed by atoms with E-state index in [4.69, 9.17) is 5.26 Å². The second-order valence-corrected chi connectivity index (χ2v) is 5.73. The molecule has 1 rings (SSSR count). The molecule has 18 heavy (non-hydrogen) atoms. The molecule has 1 aliphatic carbocycles. The number of Topliss-reactive ketones (excluding diaryl/α,β-unsaturated/α-hetero) is 1. The predicted octanol–water partition coefficient (Wildman–Crippen LogP) is 4.49. The van der Waals surface area contributed by atoms with E-state index in [0.717, 1.165) is 31.6 Å². The van der Waals surface area contributed by atoms with Crippen LogP contribution in [0.25, 0.3) is 0 Å². The smallest absolute Gasteiger partial charge is 0.153 e. The normalized spacial score (nSPS) is 25.4. The molecule has 1 aliphatic rings. The van der Waals surface area contributed by atoms with E-state index in [2.05, 4.69) is 13.0 Å². The quantitative estimate of drug-likeness (QED) is 0.667. The molecule has 0 N–H and O–H groups in total. The molecule has 2 nitrogen and oxygen atoms in total. The molecule has 0 aliphatic heterocycles. The van der Waals surface area contributed by atoms with Gasteiger partial charge >= 0.3 is 0 Å². The van der Waals surface area contributed by atoms with Crippen molar-refractivity contribution in [2.75, 3.05) is 0 Å². The van der Waals surface area contributed by atoms with Crippen LogP contribution in [0, 0.1) is 29.1 Å². The molecule has 0 aromatic carbocycles. The number of hydrogen-bond donors (Lipinski definition) is 0. The summed E-state index contributed by atoms with van der Waals surface area (Å²) in [5, 5.41) is 9.06. The molecule has 0 amide bonds. The van der Waals surface area contributed by atoms with Gasteiger partial charge in [0.2, 0.25) is 0 Å². The second-order valence-electron chi connectivity index (χ2n) is 5.73. The van der Waals surface area contributed by atoms with Crippen molar-refractivity contribution in [2.24, 2.45) is 17.8 Å². The monoisotopic (exact) mass is 249 g/mol. The van der Waals surface area contributed by atoms with Gasteiger partial charge in [0.05, 0.1) is 6.07 Å². The first kappa shape index (κ1) is 15.2. The molecule has 1 unspecified atom stereocenters. The van der Waals surface area contributed by atoms with E-state index in [1.165, 1.54) is 32.1 Å². The van der Waals surface area contributed by atoms with Crippen LogP contribution in [-0.4, -0.2) is 5.78 Å². The van der Waals surface area contributed by atoms with Crippen LogP contribution in [0.4, 0.5) is 0 Å². The summed E-state index contributed by atoms with van der Waals surface area (Å²) in [5.41, 5.74) is 0. The van der Waals surface area contributed by atoms with Crippen LogP contribution in [0.15, 0.2) is 0 Å². The molecule has 2 heteroatoms. The summed E-state index contributed by atoms with van der Waals surface area (Å²) in [6.07, 6.45) is 10.0. The topological polar surface area (TPSA) is 40.9 Å². The Morgan fingerprint density at radius 1 is 1.22 bits per heavy atom. The summed E-state index contributed by atoms with van der Waals surface area (Å²) >= 11 is 0. The van der Waals surface area contributed by atoms with Gasteiger partial charge in [-0.15, -0.1) is 0 Å². The van der Waals surface area contributed by atoms with Crippen LogP contribution in [0.2, 0.25) is 0 Å². The van der Waals surface area contributed by atoms with Crippen molar-refractivity contribution in [2.45, 2.75) is 71.6 Å². The number of rotatable bonds is 7. The summed E-state index contributed by atoms with van der Waals surface area (Å²) in [6, 6.07) is 2.20. The first-order chi connectivity index (χ1) is 8.72. The minimum absolute atomic E-state index is 0.180. The Balaban J connectivity index is 2.37. The minimum atomic E-state index is -0.341. The van der Waals surface area contributed by atoms with Crippen molar-refractivity contribution in [3.8, 4) is 6.07 Å². The molecule has 0 heterocycles. The van der Waals surface area contributed by atoms with Crippen molar-refractivity contribution in [1.82, 2.24) is 0 Å². The number of hydrogen-bond acceptors (Lipinski definition) is 2. The van der Waals surface area contributed by atoms with E-state index in [-0.39, 0.29) is 17.6 Å². The highest BCUT2D eigenvalue weighted by atomic mass is 16.1. The van der Waals surface area contributed by atoms with E-state index in [1.807, 2.05) is 6.92 Å². The zero-order valence-corrected chi connectivity index (χ0v) is 12.0. The summed E-state index contributed by atoms with van der Waals surface area (Å²) in [7, 11) is 0. The maximum atomic E-state index is 12.2. The molecule has 0 aromatic heterocycles. The summed E-state index contributed by atoms with van der Waals surface area (Å²) in [5.74, 6) is 0.903. The van der Waals surface area contributed by atoms with Crippen LogP contribution < -0.4 is 0 Å². The third-order valence-electron chi connectivity index (χ3n) is 4.29. The number of ketones is 1. The zero-order valence-electron chi connectivity index (χ0n) is 12.0. The molecular weight excluding hydrogens is 222 g/mol. The molecule has 1 saturated carbocycles.